The van der Waals surface area contributed by atoms with E-state index in [1.807, 2.05) is 31.2 Å². The van der Waals surface area contributed by atoms with E-state index in [0.717, 1.165) is 16.5 Å². The summed E-state index contributed by atoms with van der Waals surface area (Å²) in [4.78, 5) is 39.8. The summed E-state index contributed by atoms with van der Waals surface area (Å²) in [5.74, 6) is -4.30. The first kappa shape index (κ1) is 27.5. The Morgan fingerprint density at radius 2 is 1.79 bits per heavy atom. The first-order valence-electron chi connectivity index (χ1n) is 11.3. The number of alkyl halides is 1. The van der Waals surface area contributed by atoms with Gasteiger partial charge in [0.1, 0.15) is 23.9 Å². The number of hydrogen-bond acceptors (Lipinski definition) is 6. The Hall–Kier alpha value is -2.78. The molecule has 2 aromatic rings. The first-order chi connectivity index (χ1) is 15.7. The predicted molar refractivity (Wildman–Crippen MR) is 128 cm³/mol. The minimum Gasteiger partial charge on any atom is -0.459 e. The molecule has 0 fully saturated rings. The zero-order valence-electron chi connectivity index (χ0n) is 20.9. The number of rotatable bonds is 9. The highest BCUT2D eigenvalue weighted by molar-refractivity contribution is 6.07. The van der Waals surface area contributed by atoms with Gasteiger partial charge in [-0.15, -0.1) is 0 Å². The van der Waals surface area contributed by atoms with E-state index in [4.69, 9.17) is 10.5 Å². The Morgan fingerprint density at radius 1 is 1.21 bits per heavy atom. The molecular formula is C25H36FN3O5. The molecule has 1 amide bonds. The largest absolute Gasteiger partial charge is 0.459 e. The molecule has 9 heteroatoms. The molecule has 3 unspecified atom stereocenters. The third-order valence-electron chi connectivity index (χ3n) is 5.79. The number of Topliss-reactive ketones (excluding diaryl/α,β-unsaturated/α-hetero) is 1. The van der Waals surface area contributed by atoms with Gasteiger partial charge in [0.05, 0.1) is 18.2 Å². The van der Waals surface area contributed by atoms with Crippen LogP contribution in [0.4, 0.5) is 4.39 Å². The van der Waals surface area contributed by atoms with E-state index in [-0.39, 0.29) is 0 Å². The van der Waals surface area contributed by atoms with Crippen molar-refractivity contribution in [3.05, 3.63) is 35.5 Å². The van der Waals surface area contributed by atoms with Gasteiger partial charge in [0.25, 0.3) is 5.91 Å². The molecule has 34 heavy (non-hydrogen) atoms. The number of esters is 1. The number of hydrogen-bond donors (Lipinski definition) is 3. The normalized spacial score (nSPS) is 15.6. The van der Waals surface area contributed by atoms with Crippen LogP contribution in [0.3, 0.4) is 0 Å². The fraction of sp³-hybridized carbons (Fsp3) is 0.560. The molecule has 8 nitrogen and oxygen atoms in total. The summed E-state index contributed by atoms with van der Waals surface area (Å²) >= 11 is 0. The molecule has 0 bridgehead atoms. The molecule has 0 aliphatic carbocycles. The van der Waals surface area contributed by atoms with E-state index < -0.39 is 60.0 Å². The van der Waals surface area contributed by atoms with Crippen LogP contribution in [-0.4, -0.2) is 57.8 Å². The zero-order valence-corrected chi connectivity index (χ0v) is 20.9. The van der Waals surface area contributed by atoms with Crippen molar-refractivity contribution >= 4 is 28.6 Å². The molecule has 188 valence electrons. The number of nitrogens with one attached hydrogen (secondary N) is 1. The van der Waals surface area contributed by atoms with Gasteiger partial charge < -0.3 is 25.5 Å². The maximum Gasteiger partial charge on any atom is 0.318 e. The lowest BCUT2D eigenvalue weighted by molar-refractivity contribution is -0.164. The topological polar surface area (TPSA) is 124 Å². The summed E-state index contributed by atoms with van der Waals surface area (Å²) in [5, 5.41) is 13.6. The second-order valence-electron chi connectivity index (χ2n) is 9.96. The first-order valence-corrected chi connectivity index (χ1v) is 11.3. The molecule has 4 atom stereocenters. The molecule has 0 radical (unpaired) electrons. The van der Waals surface area contributed by atoms with E-state index >= 15 is 0 Å². The summed E-state index contributed by atoms with van der Waals surface area (Å²) < 4.78 is 20.3. The van der Waals surface area contributed by atoms with Crippen LogP contribution in [0.5, 0.6) is 0 Å². The number of carbonyl (C=O) groups is 3. The SMILES string of the molecule is Cc1c(C(=O)N[C@H](C(=O)C(C(=O)OC(C)(C)C)C(N)C(O)CF)C(C)C)n(C)c2ccccc12. The number of benzene rings is 1. The highest BCUT2D eigenvalue weighted by atomic mass is 19.1. The quantitative estimate of drug-likeness (QED) is 0.376. The van der Waals surface area contributed by atoms with Crippen molar-refractivity contribution in [1.29, 1.82) is 0 Å². The third-order valence-corrected chi connectivity index (χ3v) is 5.79. The van der Waals surface area contributed by atoms with Gasteiger partial charge in [-0.3, -0.25) is 14.4 Å². The smallest absolute Gasteiger partial charge is 0.318 e. The van der Waals surface area contributed by atoms with Crippen LogP contribution in [0.1, 0.15) is 50.7 Å². The minimum absolute atomic E-state index is 0.376. The maximum atomic E-state index is 13.5. The van der Waals surface area contributed by atoms with Crippen LogP contribution in [-0.2, 0) is 21.4 Å². The van der Waals surface area contributed by atoms with Gasteiger partial charge in [-0.25, -0.2) is 4.39 Å². The summed E-state index contributed by atoms with van der Waals surface area (Å²) in [6.07, 6.45) is -1.75. The molecule has 2 rings (SSSR count). The lowest BCUT2D eigenvalue weighted by Gasteiger charge is -2.31. The van der Waals surface area contributed by atoms with Gasteiger partial charge in [-0.1, -0.05) is 32.0 Å². The van der Waals surface area contributed by atoms with Gasteiger partial charge in [0.2, 0.25) is 0 Å². The molecule has 1 aromatic heterocycles. The molecule has 0 spiro atoms. The van der Waals surface area contributed by atoms with Gasteiger partial charge in [0, 0.05) is 18.0 Å². The Morgan fingerprint density at radius 3 is 2.29 bits per heavy atom. The summed E-state index contributed by atoms with van der Waals surface area (Å²) in [6, 6.07) is 4.88. The van der Waals surface area contributed by atoms with Crippen molar-refractivity contribution < 1.29 is 28.6 Å². The van der Waals surface area contributed by atoms with Crippen molar-refractivity contribution in [2.45, 2.75) is 65.3 Å². The van der Waals surface area contributed by atoms with Crippen LogP contribution in [0, 0.1) is 18.8 Å². The molecule has 0 aliphatic heterocycles. The number of aromatic nitrogens is 1. The van der Waals surface area contributed by atoms with Crippen LogP contribution in [0.2, 0.25) is 0 Å². The number of aryl methyl sites for hydroxylation is 2. The van der Waals surface area contributed by atoms with Crippen molar-refractivity contribution in [1.82, 2.24) is 9.88 Å². The minimum atomic E-state index is -1.75. The number of nitrogens with zero attached hydrogens (tertiary/aromatic N) is 1. The molecular weight excluding hydrogens is 441 g/mol. The highest BCUT2D eigenvalue weighted by Gasteiger charge is 2.43. The number of carbonyl (C=O) groups excluding carboxylic acids is 3. The second kappa shape index (κ2) is 10.7. The van der Waals surface area contributed by atoms with Crippen molar-refractivity contribution in [2.75, 3.05) is 6.67 Å². The summed E-state index contributed by atoms with van der Waals surface area (Å²) in [6.45, 7) is 8.86. The van der Waals surface area contributed by atoms with Crippen LogP contribution >= 0.6 is 0 Å². The average Bonchev–Trinajstić information content (AvgIpc) is 3.00. The molecule has 1 aromatic carbocycles. The molecule has 4 N–H and O–H groups in total. The monoisotopic (exact) mass is 477 g/mol. The highest BCUT2D eigenvalue weighted by Crippen LogP contribution is 2.25. The number of ketones is 1. The number of aliphatic hydroxyl groups is 1. The molecule has 0 saturated carbocycles. The van der Waals surface area contributed by atoms with E-state index in [2.05, 4.69) is 5.32 Å². The van der Waals surface area contributed by atoms with Gasteiger partial charge in [-0.05, 0) is 45.2 Å². The Kier molecular flexibility index (Phi) is 8.60. The summed E-state index contributed by atoms with van der Waals surface area (Å²) in [7, 11) is 1.76. The number of amides is 1. The van der Waals surface area contributed by atoms with Gasteiger partial charge in [0.15, 0.2) is 5.78 Å². The lowest BCUT2D eigenvalue weighted by atomic mass is 9.84. The maximum absolute atomic E-state index is 13.5. The van der Waals surface area contributed by atoms with Crippen molar-refractivity contribution in [3.63, 3.8) is 0 Å². The number of para-hydroxylation sites is 1. The van der Waals surface area contributed by atoms with Crippen LogP contribution in [0.25, 0.3) is 10.9 Å². The van der Waals surface area contributed by atoms with E-state index in [9.17, 15) is 23.9 Å². The standard InChI is InChI=1S/C25H36FN3O5/c1-13(2)20(22(31)18(19(27)17(30)12-26)24(33)34-25(4,5)6)28-23(32)21-14(3)15-10-8-9-11-16(15)29(21)7/h8-11,13,17-20,30H,12,27H2,1-7H3,(H,28,32)/t17?,18?,19?,20-/m0/s1. The van der Waals surface area contributed by atoms with E-state index in [1.165, 1.54) is 0 Å². The number of halogens is 1. The number of fused-ring (bicyclic) bond motifs is 1. The Bertz CT molecular complexity index is 1020. The third kappa shape index (κ3) is 5.82. The van der Waals surface area contributed by atoms with Gasteiger partial charge >= 0.3 is 5.97 Å². The number of aliphatic hydroxyl groups excluding tert-OH is 1. The zero-order chi connectivity index (χ0) is 26.0. The van der Waals surface area contributed by atoms with Crippen molar-refractivity contribution in [2.24, 2.45) is 24.6 Å². The lowest BCUT2D eigenvalue weighted by Crippen LogP contribution is -2.57. The molecule has 1 heterocycles. The Labute approximate surface area is 199 Å². The number of nitrogens with two attached hydrogens (primary N) is 1. The number of ether oxygens (including phenoxy) is 1. The Balaban J connectivity index is 2.43. The van der Waals surface area contributed by atoms with E-state index in [0.29, 0.717) is 5.69 Å². The molecule has 0 aliphatic rings. The van der Waals surface area contributed by atoms with Crippen molar-refractivity contribution in [3.8, 4) is 0 Å². The van der Waals surface area contributed by atoms with E-state index in [1.54, 1.807) is 46.2 Å². The molecule has 0 saturated heterocycles. The second-order valence-corrected chi connectivity index (χ2v) is 9.96. The van der Waals surface area contributed by atoms with Crippen LogP contribution < -0.4 is 11.1 Å². The van der Waals surface area contributed by atoms with Gasteiger partial charge in [-0.2, -0.15) is 0 Å². The van der Waals surface area contributed by atoms with Crippen LogP contribution in [0.15, 0.2) is 24.3 Å². The fourth-order valence-electron chi connectivity index (χ4n) is 4.03. The summed E-state index contributed by atoms with van der Waals surface area (Å²) in [5.41, 5.74) is 6.99. The average molecular weight is 478 g/mol. The predicted octanol–water partition coefficient (Wildman–Crippen LogP) is 2.43. The fourth-order valence-corrected chi connectivity index (χ4v) is 4.03.